The number of carboxylic acids is 1. The van der Waals surface area contributed by atoms with Gasteiger partial charge in [0.05, 0.1) is 12.8 Å². The summed E-state index contributed by atoms with van der Waals surface area (Å²) in [5.41, 5.74) is 3.73. The molecule has 1 N–H and O–H groups in total. The predicted molar refractivity (Wildman–Crippen MR) is 120 cm³/mol. The summed E-state index contributed by atoms with van der Waals surface area (Å²) in [6.07, 6.45) is 1.92. The zero-order valence-corrected chi connectivity index (χ0v) is 18.7. The molecule has 1 atom stereocenters. The largest absolute Gasteiger partial charge is 0.489 e. The molecule has 0 fully saturated rings. The van der Waals surface area contributed by atoms with Crippen molar-refractivity contribution in [2.75, 3.05) is 27.2 Å². The third-order valence-corrected chi connectivity index (χ3v) is 4.89. The average molecular weight is 428 g/mol. The second-order valence-corrected chi connectivity index (χ2v) is 7.86. The predicted octanol–water partition coefficient (Wildman–Crippen LogP) is 3.75. The van der Waals surface area contributed by atoms with E-state index in [4.69, 9.17) is 14.6 Å². The minimum atomic E-state index is -1.02. The van der Waals surface area contributed by atoms with Crippen LogP contribution in [-0.2, 0) is 33.6 Å². The van der Waals surface area contributed by atoms with Crippen molar-refractivity contribution >= 4 is 11.9 Å². The number of esters is 1. The zero-order valence-electron chi connectivity index (χ0n) is 18.7. The van der Waals surface area contributed by atoms with Crippen molar-refractivity contribution in [2.45, 2.75) is 45.1 Å². The number of hydrogen-bond acceptors (Lipinski definition) is 5. The van der Waals surface area contributed by atoms with Gasteiger partial charge < -0.3 is 19.5 Å². The highest BCUT2D eigenvalue weighted by molar-refractivity contribution is 5.76. The third kappa shape index (κ3) is 9.22. The van der Waals surface area contributed by atoms with E-state index in [2.05, 4.69) is 37.3 Å². The van der Waals surface area contributed by atoms with Gasteiger partial charge in [0.25, 0.3) is 0 Å². The van der Waals surface area contributed by atoms with E-state index in [1.165, 1.54) is 11.1 Å². The molecule has 0 aliphatic carbocycles. The van der Waals surface area contributed by atoms with E-state index in [0.717, 1.165) is 30.6 Å². The highest BCUT2D eigenvalue weighted by Crippen LogP contribution is 2.21. The SMILES string of the molecule is CCc1cccc(CCc2ccccc2OC[C@H](CN(C)C)OC(=O)CCC(=O)O)c1. The van der Waals surface area contributed by atoms with Gasteiger partial charge in [-0.3, -0.25) is 9.59 Å². The summed E-state index contributed by atoms with van der Waals surface area (Å²) in [5, 5.41) is 8.75. The minimum Gasteiger partial charge on any atom is -0.489 e. The number of carbonyl (C=O) groups is 2. The maximum Gasteiger partial charge on any atom is 0.306 e. The van der Waals surface area contributed by atoms with Crippen molar-refractivity contribution in [3.63, 3.8) is 0 Å². The Labute approximate surface area is 184 Å². The zero-order chi connectivity index (χ0) is 22.6. The van der Waals surface area contributed by atoms with Crippen LogP contribution < -0.4 is 4.74 Å². The van der Waals surface area contributed by atoms with Gasteiger partial charge >= 0.3 is 11.9 Å². The van der Waals surface area contributed by atoms with Crippen LogP contribution in [0.4, 0.5) is 0 Å². The number of para-hydroxylation sites is 1. The number of carboxylic acid groups (broad SMARTS) is 1. The van der Waals surface area contributed by atoms with Crippen LogP contribution in [-0.4, -0.2) is 55.3 Å². The Balaban J connectivity index is 1.98. The Morgan fingerprint density at radius 2 is 1.74 bits per heavy atom. The molecule has 6 nitrogen and oxygen atoms in total. The summed E-state index contributed by atoms with van der Waals surface area (Å²) in [7, 11) is 3.77. The first-order valence-corrected chi connectivity index (χ1v) is 10.7. The molecule has 0 spiro atoms. The van der Waals surface area contributed by atoms with Crippen LogP contribution in [0.5, 0.6) is 5.75 Å². The molecule has 31 heavy (non-hydrogen) atoms. The Bertz CT molecular complexity index is 849. The van der Waals surface area contributed by atoms with Crippen LogP contribution in [0.3, 0.4) is 0 Å². The summed E-state index contributed by atoms with van der Waals surface area (Å²) < 4.78 is 11.5. The Kier molecular flexibility index (Phi) is 10.0. The highest BCUT2D eigenvalue weighted by Gasteiger charge is 2.18. The molecule has 0 heterocycles. The van der Waals surface area contributed by atoms with Gasteiger partial charge in [-0.05, 0) is 56.1 Å². The van der Waals surface area contributed by atoms with Crippen LogP contribution in [0.25, 0.3) is 0 Å². The summed E-state index contributed by atoms with van der Waals surface area (Å²) >= 11 is 0. The monoisotopic (exact) mass is 427 g/mol. The van der Waals surface area contributed by atoms with E-state index in [0.29, 0.717) is 6.54 Å². The number of carbonyl (C=O) groups excluding carboxylic acids is 1. The third-order valence-electron chi connectivity index (χ3n) is 4.89. The summed E-state index contributed by atoms with van der Waals surface area (Å²) in [6, 6.07) is 16.5. The molecular formula is C25H33NO5. The lowest BCUT2D eigenvalue weighted by Gasteiger charge is -2.22. The number of rotatable bonds is 13. The minimum absolute atomic E-state index is 0.146. The number of aliphatic carboxylic acids is 1. The molecule has 0 saturated carbocycles. The van der Waals surface area contributed by atoms with Crippen LogP contribution >= 0.6 is 0 Å². The Morgan fingerprint density at radius 1 is 1.00 bits per heavy atom. The normalized spacial score (nSPS) is 11.9. The number of ether oxygens (including phenoxy) is 2. The molecule has 2 aromatic carbocycles. The summed E-state index contributed by atoms with van der Waals surface area (Å²) in [5.74, 6) is -0.766. The molecule has 0 unspecified atom stereocenters. The molecule has 0 radical (unpaired) electrons. The maximum atomic E-state index is 12.0. The lowest BCUT2D eigenvalue weighted by Crippen LogP contribution is -2.35. The molecule has 0 saturated heterocycles. The number of hydrogen-bond donors (Lipinski definition) is 1. The number of nitrogens with zero attached hydrogens (tertiary/aromatic N) is 1. The molecular weight excluding hydrogens is 394 g/mol. The van der Waals surface area contributed by atoms with Gasteiger partial charge in [0.15, 0.2) is 0 Å². The van der Waals surface area contributed by atoms with Crippen molar-refractivity contribution in [3.8, 4) is 5.75 Å². The molecule has 6 heteroatoms. The smallest absolute Gasteiger partial charge is 0.306 e. The van der Waals surface area contributed by atoms with Gasteiger partial charge in [-0.2, -0.15) is 0 Å². The van der Waals surface area contributed by atoms with E-state index in [1.54, 1.807) is 0 Å². The molecule has 0 aromatic heterocycles. The van der Waals surface area contributed by atoms with Crippen LogP contribution in [0.15, 0.2) is 48.5 Å². The molecule has 168 valence electrons. The van der Waals surface area contributed by atoms with Gasteiger partial charge in [0, 0.05) is 6.54 Å². The van der Waals surface area contributed by atoms with Crippen LogP contribution in [0.1, 0.15) is 36.5 Å². The van der Waals surface area contributed by atoms with Crippen molar-refractivity contribution in [1.82, 2.24) is 4.90 Å². The number of benzene rings is 2. The van der Waals surface area contributed by atoms with Gasteiger partial charge in [0.2, 0.25) is 0 Å². The molecule has 0 aliphatic rings. The Hall–Kier alpha value is -2.86. The standard InChI is InChI=1S/C25H33NO5/c1-4-19-8-7-9-20(16-19)12-13-21-10-5-6-11-23(21)30-18-22(17-26(2)3)31-25(29)15-14-24(27)28/h5-11,16,22H,4,12-15,17-18H2,1-3H3,(H,27,28)/t22-/m0/s1. The second-order valence-electron chi connectivity index (χ2n) is 7.86. The quantitative estimate of drug-likeness (QED) is 0.491. The molecule has 0 aliphatic heterocycles. The first-order chi connectivity index (χ1) is 14.9. The number of likely N-dealkylation sites (N-methyl/N-ethyl adjacent to an activating group) is 1. The van der Waals surface area contributed by atoms with Crippen molar-refractivity contribution in [1.29, 1.82) is 0 Å². The fourth-order valence-corrected chi connectivity index (χ4v) is 3.30. The van der Waals surface area contributed by atoms with Crippen molar-refractivity contribution < 1.29 is 24.2 Å². The van der Waals surface area contributed by atoms with E-state index in [-0.39, 0.29) is 19.4 Å². The molecule has 2 rings (SSSR count). The summed E-state index contributed by atoms with van der Waals surface area (Å²) in [4.78, 5) is 24.6. The number of aryl methyl sites for hydroxylation is 3. The summed E-state index contributed by atoms with van der Waals surface area (Å²) in [6.45, 7) is 2.85. The maximum absolute atomic E-state index is 12.0. The highest BCUT2D eigenvalue weighted by atomic mass is 16.6. The van der Waals surface area contributed by atoms with Gasteiger partial charge in [-0.1, -0.05) is 49.4 Å². The molecule has 0 bridgehead atoms. The fraction of sp³-hybridized carbons (Fsp3) is 0.440. The van der Waals surface area contributed by atoms with E-state index in [1.807, 2.05) is 37.2 Å². The second kappa shape index (κ2) is 12.7. The van der Waals surface area contributed by atoms with Crippen molar-refractivity contribution in [3.05, 3.63) is 65.2 Å². The average Bonchev–Trinajstić information content (AvgIpc) is 2.75. The van der Waals surface area contributed by atoms with E-state index in [9.17, 15) is 9.59 Å². The van der Waals surface area contributed by atoms with Crippen LogP contribution in [0, 0.1) is 0 Å². The molecule has 0 amide bonds. The molecule has 2 aromatic rings. The first kappa shape index (κ1) is 24.4. The van der Waals surface area contributed by atoms with E-state index < -0.39 is 18.0 Å². The van der Waals surface area contributed by atoms with Gasteiger partial charge in [0.1, 0.15) is 18.5 Å². The first-order valence-electron chi connectivity index (χ1n) is 10.7. The van der Waals surface area contributed by atoms with Gasteiger partial charge in [-0.25, -0.2) is 0 Å². The Morgan fingerprint density at radius 3 is 2.45 bits per heavy atom. The fourth-order valence-electron chi connectivity index (χ4n) is 3.30. The van der Waals surface area contributed by atoms with Crippen molar-refractivity contribution in [2.24, 2.45) is 0 Å². The van der Waals surface area contributed by atoms with Gasteiger partial charge in [-0.15, -0.1) is 0 Å². The van der Waals surface area contributed by atoms with Crippen LogP contribution in [0.2, 0.25) is 0 Å². The topological polar surface area (TPSA) is 76.1 Å². The lowest BCUT2D eigenvalue weighted by molar-refractivity contribution is -0.153. The van der Waals surface area contributed by atoms with E-state index >= 15 is 0 Å². The lowest BCUT2D eigenvalue weighted by atomic mass is 10.0.